The van der Waals surface area contributed by atoms with E-state index >= 15 is 0 Å². The first-order valence-corrected chi connectivity index (χ1v) is 8.15. The Morgan fingerprint density at radius 2 is 1.46 bits per heavy atom. The summed E-state index contributed by atoms with van der Waals surface area (Å²) in [6.07, 6.45) is 0. The fraction of sp³-hybridized carbons (Fsp3) is 0. The quantitative estimate of drug-likeness (QED) is 0.710. The Labute approximate surface area is 159 Å². The van der Waals surface area contributed by atoms with Gasteiger partial charge < -0.3 is 10.6 Å². The van der Waals surface area contributed by atoms with Crippen molar-refractivity contribution in [1.82, 2.24) is 0 Å². The molecule has 0 saturated carbocycles. The van der Waals surface area contributed by atoms with E-state index in [1.54, 1.807) is 24.3 Å². The van der Waals surface area contributed by atoms with Crippen molar-refractivity contribution in [3.8, 4) is 6.07 Å². The summed E-state index contributed by atoms with van der Waals surface area (Å²) in [4.78, 5) is 24.8. The normalized spacial score (nSPS) is 10.0. The molecular weight excluding hydrogens is 364 g/mol. The molecule has 0 saturated heterocycles. The highest BCUT2D eigenvalue weighted by Crippen LogP contribution is 2.17. The average Bonchev–Trinajstić information content (AvgIpc) is 2.71. The second-order valence-corrected chi connectivity index (χ2v) is 5.78. The number of amides is 2. The molecule has 0 spiro atoms. The van der Waals surface area contributed by atoms with Crippen LogP contribution in [0.1, 0.15) is 26.3 Å². The highest BCUT2D eigenvalue weighted by molar-refractivity contribution is 6.09. The van der Waals surface area contributed by atoms with Crippen LogP contribution in [-0.2, 0) is 0 Å². The Morgan fingerprint density at radius 1 is 0.786 bits per heavy atom. The van der Waals surface area contributed by atoms with Gasteiger partial charge in [0.05, 0.1) is 11.3 Å². The van der Waals surface area contributed by atoms with Gasteiger partial charge in [0.1, 0.15) is 6.07 Å². The van der Waals surface area contributed by atoms with Crippen LogP contribution in [-0.4, -0.2) is 11.8 Å². The first-order valence-electron chi connectivity index (χ1n) is 8.15. The number of para-hydroxylation sites is 1. The number of nitrogens with one attached hydrogen (secondary N) is 2. The third kappa shape index (κ3) is 4.19. The van der Waals surface area contributed by atoms with Gasteiger partial charge in [0.15, 0.2) is 11.6 Å². The predicted molar refractivity (Wildman–Crippen MR) is 99.9 cm³/mol. The monoisotopic (exact) mass is 377 g/mol. The molecule has 0 radical (unpaired) electrons. The zero-order valence-electron chi connectivity index (χ0n) is 14.4. The van der Waals surface area contributed by atoms with Crippen molar-refractivity contribution in [3.63, 3.8) is 0 Å². The Hall–Kier alpha value is -4.05. The summed E-state index contributed by atoms with van der Waals surface area (Å²) in [6.45, 7) is 0. The third-order valence-electron chi connectivity index (χ3n) is 3.86. The van der Waals surface area contributed by atoms with Gasteiger partial charge in [-0.05, 0) is 42.5 Å². The molecule has 2 N–H and O–H groups in total. The zero-order chi connectivity index (χ0) is 20.1. The summed E-state index contributed by atoms with van der Waals surface area (Å²) in [5.41, 5.74) is 1.10. The molecule has 138 valence electrons. The van der Waals surface area contributed by atoms with Crippen LogP contribution in [0.3, 0.4) is 0 Å². The number of rotatable bonds is 4. The van der Waals surface area contributed by atoms with Crippen LogP contribution in [0, 0.1) is 23.0 Å². The molecule has 0 fully saturated rings. The van der Waals surface area contributed by atoms with Crippen molar-refractivity contribution in [2.24, 2.45) is 0 Å². The van der Waals surface area contributed by atoms with Crippen molar-refractivity contribution >= 4 is 23.2 Å². The number of anilines is 2. The molecule has 0 aromatic heterocycles. The first kappa shape index (κ1) is 18.7. The van der Waals surface area contributed by atoms with E-state index in [0.717, 1.165) is 12.1 Å². The van der Waals surface area contributed by atoms with E-state index in [9.17, 15) is 18.4 Å². The van der Waals surface area contributed by atoms with Gasteiger partial charge in [-0.2, -0.15) is 5.26 Å². The largest absolute Gasteiger partial charge is 0.322 e. The molecule has 28 heavy (non-hydrogen) atoms. The molecule has 0 aliphatic heterocycles. The lowest BCUT2D eigenvalue weighted by Crippen LogP contribution is -2.16. The van der Waals surface area contributed by atoms with Crippen molar-refractivity contribution in [2.45, 2.75) is 0 Å². The van der Waals surface area contributed by atoms with Gasteiger partial charge in [0.2, 0.25) is 0 Å². The summed E-state index contributed by atoms with van der Waals surface area (Å²) >= 11 is 0. The van der Waals surface area contributed by atoms with Crippen LogP contribution >= 0.6 is 0 Å². The summed E-state index contributed by atoms with van der Waals surface area (Å²) in [6, 6.07) is 17.4. The summed E-state index contributed by atoms with van der Waals surface area (Å²) in [5, 5.41) is 14.2. The number of benzene rings is 3. The average molecular weight is 377 g/mol. The topological polar surface area (TPSA) is 82.0 Å². The highest BCUT2D eigenvalue weighted by Gasteiger charge is 2.13. The molecule has 2 amide bonds. The number of hydrogen-bond donors (Lipinski definition) is 2. The standard InChI is InChI=1S/C21H13F2N3O2/c22-17-9-8-16(11-18(17)23)25-20(27)13-5-3-6-14(10-13)21(28)26-19-7-2-1-4-15(19)12-24/h1-11H,(H,25,27)(H,26,28). The number of nitriles is 1. The molecule has 0 atom stereocenters. The molecule has 3 rings (SSSR count). The van der Waals surface area contributed by atoms with Crippen molar-refractivity contribution in [3.05, 3.63) is 95.1 Å². The van der Waals surface area contributed by atoms with E-state index in [4.69, 9.17) is 5.26 Å². The van der Waals surface area contributed by atoms with E-state index in [2.05, 4.69) is 10.6 Å². The fourth-order valence-electron chi connectivity index (χ4n) is 2.46. The first-order chi connectivity index (χ1) is 13.5. The van der Waals surface area contributed by atoms with E-state index < -0.39 is 23.4 Å². The lowest BCUT2D eigenvalue weighted by Gasteiger charge is -2.09. The van der Waals surface area contributed by atoms with Gasteiger partial charge in [-0.3, -0.25) is 9.59 Å². The molecule has 0 heterocycles. The van der Waals surface area contributed by atoms with Crippen LogP contribution in [0.25, 0.3) is 0 Å². The second-order valence-electron chi connectivity index (χ2n) is 5.78. The maximum atomic E-state index is 13.3. The SMILES string of the molecule is N#Cc1ccccc1NC(=O)c1cccc(C(=O)Nc2ccc(F)c(F)c2)c1. The molecule has 3 aromatic rings. The summed E-state index contributed by atoms with van der Waals surface area (Å²) in [7, 11) is 0. The number of carbonyl (C=O) groups is 2. The van der Waals surface area contributed by atoms with Crippen LogP contribution in [0.2, 0.25) is 0 Å². The second kappa shape index (κ2) is 8.10. The summed E-state index contributed by atoms with van der Waals surface area (Å²) < 4.78 is 26.3. The maximum absolute atomic E-state index is 13.3. The van der Waals surface area contributed by atoms with Crippen LogP contribution in [0.15, 0.2) is 66.7 Å². The molecule has 0 aliphatic rings. The van der Waals surface area contributed by atoms with Crippen LogP contribution < -0.4 is 10.6 Å². The van der Waals surface area contributed by atoms with Crippen LogP contribution in [0.5, 0.6) is 0 Å². The fourth-order valence-corrected chi connectivity index (χ4v) is 2.46. The van der Waals surface area contributed by atoms with Crippen molar-refractivity contribution in [2.75, 3.05) is 10.6 Å². The van der Waals surface area contributed by atoms with Gasteiger partial charge in [-0.15, -0.1) is 0 Å². The minimum absolute atomic E-state index is 0.0849. The lowest BCUT2D eigenvalue weighted by atomic mass is 10.1. The van der Waals surface area contributed by atoms with E-state index in [-0.39, 0.29) is 16.8 Å². The van der Waals surface area contributed by atoms with Crippen molar-refractivity contribution in [1.29, 1.82) is 5.26 Å². The molecule has 5 nitrogen and oxygen atoms in total. The number of carbonyl (C=O) groups excluding carboxylic acids is 2. The van der Waals surface area contributed by atoms with E-state index in [1.165, 1.54) is 30.3 Å². The minimum atomic E-state index is -1.08. The number of halogens is 2. The third-order valence-corrected chi connectivity index (χ3v) is 3.86. The number of nitrogens with zero attached hydrogens (tertiary/aromatic N) is 1. The molecular formula is C21H13F2N3O2. The lowest BCUT2D eigenvalue weighted by molar-refractivity contribution is 0.102. The van der Waals surface area contributed by atoms with E-state index in [1.807, 2.05) is 6.07 Å². The minimum Gasteiger partial charge on any atom is -0.322 e. The van der Waals surface area contributed by atoms with Crippen molar-refractivity contribution < 1.29 is 18.4 Å². The molecule has 3 aromatic carbocycles. The smallest absolute Gasteiger partial charge is 0.255 e. The molecule has 0 unspecified atom stereocenters. The van der Waals surface area contributed by atoms with Gasteiger partial charge in [-0.25, -0.2) is 8.78 Å². The summed E-state index contributed by atoms with van der Waals surface area (Å²) in [5.74, 6) is -3.18. The molecule has 0 aliphatic carbocycles. The van der Waals surface area contributed by atoms with Crippen LogP contribution in [0.4, 0.5) is 20.2 Å². The predicted octanol–water partition coefficient (Wildman–Crippen LogP) is 4.34. The Balaban J connectivity index is 1.77. The maximum Gasteiger partial charge on any atom is 0.255 e. The molecule has 7 heteroatoms. The molecule has 0 bridgehead atoms. The van der Waals surface area contributed by atoms with E-state index in [0.29, 0.717) is 11.3 Å². The number of hydrogen-bond acceptors (Lipinski definition) is 3. The Kier molecular flexibility index (Phi) is 5.42. The zero-order valence-corrected chi connectivity index (χ0v) is 14.4. The Morgan fingerprint density at radius 3 is 2.14 bits per heavy atom. The van der Waals surface area contributed by atoms with Gasteiger partial charge in [0.25, 0.3) is 11.8 Å². The van der Waals surface area contributed by atoms with Gasteiger partial charge in [0, 0.05) is 22.9 Å². The Bertz CT molecular complexity index is 1110. The van der Waals surface area contributed by atoms with Gasteiger partial charge >= 0.3 is 0 Å². The van der Waals surface area contributed by atoms with Gasteiger partial charge in [-0.1, -0.05) is 18.2 Å². The highest BCUT2D eigenvalue weighted by atomic mass is 19.2.